The summed E-state index contributed by atoms with van der Waals surface area (Å²) in [6.45, 7) is 4.39. The van der Waals surface area contributed by atoms with Gasteiger partial charge in [-0.2, -0.15) is 5.06 Å². The lowest BCUT2D eigenvalue weighted by molar-refractivity contribution is -0.164. The zero-order valence-corrected chi connectivity index (χ0v) is 18.7. The first kappa shape index (κ1) is 21.3. The van der Waals surface area contributed by atoms with Crippen LogP contribution in [-0.2, 0) is 9.59 Å². The average Bonchev–Trinajstić information content (AvgIpc) is 3.16. The molecular formula is C26H30N2O4. The Bertz CT molecular complexity index is 1030. The van der Waals surface area contributed by atoms with Gasteiger partial charge in [-0.05, 0) is 73.8 Å². The molecule has 6 atom stereocenters. The summed E-state index contributed by atoms with van der Waals surface area (Å²) in [5.74, 6) is -0.451. The van der Waals surface area contributed by atoms with E-state index in [0.29, 0.717) is 34.8 Å². The Morgan fingerprint density at radius 3 is 2.56 bits per heavy atom. The molecule has 6 nitrogen and oxygen atoms in total. The molecule has 0 unspecified atom stereocenters. The third-order valence-corrected chi connectivity index (χ3v) is 9.08. The van der Waals surface area contributed by atoms with E-state index in [2.05, 4.69) is 24.9 Å². The highest BCUT2D eigenvalue weighted by molar-refractivity contribution is 6.07. The normalized spacial score (nSPS) is 37.7. The highest BCUT2D eigenvalue weighted by Crippen LogP contribution is 2.64. The van der Waals surface area contributed by atoms with Gasteiger partial charge in [-0.1, -0.05) is 38.1 Å². The number of nitrogens with zero attached hydrogens (tertiary/aromatic N) is 2. The van der Waals surface area contributed by atoms with E-state index in [1.807, 2.05) is 0 Å². The predicted octanol–water partition coefficient (Wildman–Crippen LogP) is 4.44. The standard InChI is InChI=1S/C26H30N2O4/c1-25-14-12-19-17(8-11-21-26(19,2)15-13-22(29)27-21)18(25)9-10-20(25)24(31)28(32)23(30)16-6-4-3-5-7-16/h3-7,13,15,17-20,32H,8-12,14H2,1-2H3/t17-,18-,19-,20+,25-,26+/m0/s1. The van der Waals surface area contributed by atoms with E-state index >= 15 is 0 Å². The molecule has 3 saturated carbocycles. The van der Waals surface area contributed by atoms with Crippen molar-refractivity contribution in [3.8, 4) is 0 Å². The molecule has 0 aromatic heterocycles. The Labute approximate surface area is 188 Å². The number of aliphatic imine (C=N–C) groups is 1. The zero-order chi connectivity index (χ0) is 22.7. The minimum atomic E-state index is -0.667. The molecule has 1 aromatic carbocycles. The van der Waals surface area contributed by atoms with Crippen LogP contribution < -0.4 is 0 Å². The fourth-order valence-corrected chi connectivity index (χ4v) is 7.39. The van der Waals surface area contributed by atoms with Crippen molar-refractivity contribution in [1.29, 1.82) is 0 Å². The van der Waals surface area contributed by atoms with Crippen LogP contribution in [0.5, 0.6) is 0 Å². The van der Waals surface area contributed by atoms with Gasteiger partial charge in [0, 0.05) is 28.7 Å². The van der Waals surface area contributed by atoms with Crippen molar-refractivity contribution >= 4 is 23.4 Å². The lowest BCUT2D eigenvalue weighted by atomic mass is 9.48. The summed E-state index contributed by atoms with van der Waals surface area (Å²) in [6.07, 6.45) is 8.90. The lowest BCUT2D eigenvalue weighted by Gasteiger charge is -2.56. The zero-order valence-electron chi connectivity index (χ0n) is 18.7. The predicted molar refractivity (Wildman–Crippen MR) is 119 cm³/mol. The molecule has 168 valence electrons. The highest BCUT2D eigenvalue weighted by atomic mass is 16.5. The van der Waals surface area contributed by atoms with Crippen molar-refractivity contribution in [1.82, 2.24) is 5.06 Å². The number of carbonyl (C=O) groups excluding carboxylic acids is 3. The molecule has 4 aliphatic rings. The second-order valence-corrected chi connectivity index (χ2v) is 10.4. The van der Waals surface area contributed by atoms with Crippen molar-refractivity contribution in [3.63, 3.8) is 0 Å². The molecule has 6 heteroatoms. The highest BCUT2D eigenvalue weighted by Gasteiger charge is 2.60. The minimum absolute atomic E-state index is 0.158. The van der Waals surface area contributed by atoms with Gasteiger partial charge in [0.25, 0.3) is 17.7 Å². The largest absolute Gasteiger partial charge is 0.284 e. The van der Waals surface area contributed by atoms with E-state index in [1.165, 1.54) is 0 Å². The third-order valence-electron chi connectivity index (χ3n) is 9.08. The van der Waals surface area contributed by atoms with E-state index in [4.69, 9.17) is 0 Å². The number of amides is 3. The van der Waals surface area contributed by atoms with Crippen molar-refractivity contribution in [2.75, 3.05) is 0 Å². The molecule has 1 N–H and O–H groups in total. The van der Waals surface area contributed by atoms with Gasteiger partial charge >= 0.3 is 0 Å². The number of rotatable bonds is 2. The Hall–Kier alpha value is -2.60. The van der Waals surface area contributed by atoms with Gasteiger partial charge in [0.15, 0.2) is 0 Å². The summed E-state index contributed by atoms with van der Waals surface area (Å²) in [5, 5.41) is 10.9. The second kappa shape index (κ2) is 7.48. The van der Waals surface area contributed by atoms with Crippen molar-refractivity contribution < 1.29 is 19.6 Å². The first-order chi connectivity index (χ1) is 15.3. The first-order valence-corrected chi connectivity index (χ1v) is 11.7. The molecule has 5 rings (SSSR count). The quantitative estimate of drug-likeness (QED) is 0.423. The smallest absolute Gasteiger partial charge is 0.278 e. The van der Waals surface area contributed by atoms with Crippen LogP contribution in [0.3, 0.4) is 0 Å². The van der Waals surface area contributed by atoms with Gasteiger partial charge in [0.05, 0.1) is 0 Å². The van der Waals surface area contributed by atoms with Gasteiger partial charge in [-0.3, -0.25) is 19.6 Å². The number of dihydropyridines is 1. The molecule has 0 saturated heterocycles. The molecule has 1 heterocycles. The Morgan fingerprint density at radius 2 is 1.81 bits per heavy atom. The van der Waals surface area contributed by atoms with Crippen LogP contribution >= 0.6 is 0 Å². The topological polar surface area (TPSA) is 87.0 Å². The van der Waals surface area contributed by atoms with E-state index in [1.54, 1.807) is 36.4 Å². The van der Waals surface area contributed by atoms with Crippen molar-refractivity contribution in [2.45, 2.75) is 52.4 Å². The van der Waals surface area contributed by atoms with Crippen LogP contribution in [-0.4, -0.2) is 33.7 Å². The number of hydrogen-bond donors (Lipinski definition) is 1. The molecule has 0 bridgehead atoms. The fourth-order valence-electron chi connectivity index (χ4n) is 7.39. The molecule has 0 spiro atoms. The molecule has 3 aliphatic carbocycles. The van der Waals surface area contributed by atoms with Crippen LogP contribution in [0.4, 0.5) is 0 Å². The summed E-state index contributed by atoms with van der Waals surface area (Å²) in [4.78, 5) is 42.1. The van der Waals surface area contributed by atoms with Gasteiger partial charge in [-0.15, -0.1) is 0 Å². The van der Waals surface area contributed by atoms with Gasteiger partial charge in [-0.25, -0.2) is 4.99 Å². The number of hydroxylamine groups is 2. The summed E-state index contributed by atoms with van der Waals surface area (Å²) in [7, 11) is 0. The summed E-state index contributed by atoms with van der Waals surface area (Å²) in [6, 6.07) is 8.43. The maximum atomic E-state index is 13.3. The van der Waals surface area contributed by atoms with E-state index in [0.717, 1.165) is 37.8 Å². The van der Waals surface area contributed by atoms with E-state index in [-0.39, 0.29) is 22.7 Å². The molecule has 32 heavy (non-hydrogen) atoms. The number of benzene rings is 1. The number of fused-ring (bicyclic) bond motifs is 5. The first-order valence-electron chi connectivity index (χ1n) is 11.7. The summed E-state index contributed by atoms with van der Waals surface area (Å²) < 4.78 is 0. The number of carbonyl (C=O) groups is 3. The van der Waals surface area contributed by atoms with Gasteiger partial charge in [0.1, 0.15) is 0 Å². The van der Waals surface area contributed by atoms with Crippen LogP contribution in [0.1, 0.15) is 62.7 Å². The monoisotopic (exact) mass is 434 g/mol. The van der Waals surface area contributed by atoms with Gasteiger partial charge in [0.2, 0.25) is 0 Å². The number of imide groups is 1. The van der Waals surface area contributed by atoms with E-state index < -0.39 is 11.8 Å². The van der Waals surface area contributed by atoms with Crippen molar-refractivity contribution in [3.05, 3.63) is 48.0 Å². The SMILES string of the molecule is C[C@]12CC[C@H]3[C@@H](CCC4=NC(=O)C=C[C@@]43C)[C@@H]1CC[C@@H]2C(=O)N(O)C(=O)c1ccccc1. The second-order valence-electron chi connectivity index (χ2n) is 10.4. The minimum Gasteiger partial charge on any atom is -0.278 e. The van der Waals surface area contributed by atoms with Crippen molar-refractivity contribution in [2.24, 2.45) is 39.5 Å². The third kappa shape index (κ3) is 3.03. The maximum absolute atomic E-state index is 13.3. The summed E-state index contributed by atoms with van der Waals surface area (Å²) in [5.41, 5.74) is 0.884. The van der Waals surface area contributed by atoms with Crippen LogP contribution in [0.15, 0.2) is 47.5 Å². The van der Waals surface area contributed by atoms with E-state index in [9.17, 15) is 19.6 Å². The van der Waals surface area contributed by atoms with Crippen LogP contribution in [0.25, 0.3) is 0 Å². The molecular weight excluding hydrogens is 404 g/mol. The van der Waals surface area contributed by atoms with Crippen LogP contribution in [0.2, 0.25) is 0 Å². The Morgan fingerprint density at radius 1 is 1.06 bits per heavy atom. The lowest BCUT2D eigenvalue weighted by Crippen LogP contribution is -2.53. The number of allylic oxidation sites excluding steroid dienone is 1. The maximum Gasteiger partial charge on any atom is 0.284 e. The average molecular weight is 435 g/mol. The Balaban J connectivity index is 1.38. The Kier molecular flexibility index (Phi) is 4.97. The summed E-state index contributed by atoms with van der Waals surface area (Å²) >= 11 is 0. The van der Waals surface area contributed by atoms with Crippen LogP contribution in [0, 0.1) is 34.5 Å². The molecule has 1 aliphatic heterocycles. The van der Waals surface area contributed by atoms with Gasteiger partial charge < -0.3 is 0 Å². The fraction of sp³-hybridized carbons (Fsp3) is 0.538. The molecule has 0 radical (unpaired) electrons. The molecule has 3 amide bonds. The molecule has 3 fully saturated rings. The number of hydrogen-bond acceptors (Lipinski definition) is 4. The molecule has 1 aromatic rings.